The van der Waals surface area contributed by atoms with Crippen molar-refractivity contribution in [2.75, 3.05) is 24.5 Å². The first-order chi connectivity index (χ1) is 17.2. The topological polar surface area (TPSA) is 75.6 Å². The van der Waals surface area contributed by atoms with Crippen molar-refractivity contribution in [1.29, 1.82) is 0 Å². The second-order valence-electron chi connectivity index (χ2n) is 9.15. The van der Waals surface area contributed by atoms with Crippen LogP contribution in [0.15, 0.2) is 47.4 Å². The lowest BCUT2D eigenvalue weighted by Crippen LogP contribution is -2.38. The van der Waals surface area contributed by atoms with Gasteiger partial charge in [0.2, 0.25) is 21.9 Å². The van der Waals surface area contributed by atoms with Crippen LogP contribution < -0.4 is 9.64 Å². The highest BCUT2D eigenvalue weighted by Crippen LogP contribution is 2.34. The predicted octanol–water partition coefficient (Wildman–Crippen LogP) is 5.18. The molecule has 0 radical (unpaired) electrons. The van der Waals surface area contributed by atoms with Gasteiger partial charge >= 0.3 is 0 Å². The molecule has 2 aliphatic rings. The van der Waals surface area contributed by atoms with Gasteiger partial charge in [-0.3, -0.25) is 0 Å². The maximum Gasteiger partial charge on any atom is 0.243 e. The largest absolute Gasteiger partial charge is 0.438 e. The summed E-state index contributed by atoms with van der Waals surface area (Å²) in [6, 6.07) is 9.31. The summed E-state index contributed by atoms with van der Waals surface area (Å²) >= 11 is 6.03. The summed E-state index contributed by atoms with van der Waals surface area (Å²) < 4.78 is 61.3. The second-order valence-corrected chi connectivity index (χ2v) is 11.5. The van der Waals surface area contributed by atoms with Gasteiger partial charge in [-0.1, -0.05) is 24.6 Å². The fraction of sp³-hybridized carbons (Fsp3) is 0.360. The molecule has 3 heterocycles. The van der Waals surface area contributed by atoms with E-state index in [1.165, 1.54) is 22.5 Å². The van der Waals surface area contributed by atoms with Gasteiger partial charge < -0.3 is 9.64 Å². The molecule has 0 atom stereocenters. The van der Waals surface area contributed by atoms with E-state index in [1.54, 1.807) is 12.1 Å². The van der Waals surface area contributed by atoms with Crippen molar-refractivity contribution in [3.63, 3.8) is 0 Å². The Morgan fingerprint density at radius 3 is 2.53 bits per heavy atom. The van der Waals surface area contributed by atoms with Crippen molar-refractivity contribution in [1.82, 2.24) is 14.3 Å². The van der Waals surface area contributed by atoms with Gasteiger partial charge in [0, 0.05) is 43.7 Å². The van der Waals surface area contributed by atoms with E-state index in [4.69, 9.17) is 21.3 Å². The van der Waals surface area contributed by atoms with Gasteiger partial charge in [-0.15, -0.1) is 0 Å². The lowest BCUT2D eigenvalue weighted by atomic mass is 9.99. The molecule has 190 valence electrons. The van der Waals surface area contributed by atoms with E-state index in [9.17, 15) is 17.2 Å². The Morgan fingerprint density at radius 1 is 1.03 bits per heavy atom. The highest BCUT2D eigenvalue weighted by Gasteiger charge is 2.33. The number of hydrogen-bond acceptors (Lipinski definition) is 6. The van der Waals surface area contributed by atoms with Crippen LogP contribution in [-0.4, -0.2) is 42.3 Å². The molecule has 1 fully saturated rings. The smallest absolute Gasteiger partial charge is 0.243 e. The van der Waals surface area contributed by atoms with E-state index in [1.807, 2.05) is 0 Å². The number of aromatic nitrogens is 2. The van der Waals surface area contributed by atoms with Crippen LogP contribution in [0, 0.1) is 17.6 Å². The zero-order chi connectivity index (χ0) is 25.4. The summed E-state index contributed by atoms with van der Waals surface area (Å²) in [5.41, 5.74) is 1.17. The first-order valence-corrected chi connectivity index (χ1v) is 13.6. The van der Waals surface area contributed by atoms with Crippen LogP contribution in [0.4, 0.5) is 14.7 Å². The molecule has 7 nitrogen and oxygen atoms in total. The lowest BCUT2D eigenvalue weighted by molar-refractivity contribution is 0.367. The van der Waals surface area contributed by atoms with Crippen molar-refractivity contribution < 1.29 is 21.9 Å². The van der Waals surface area contributed by atoms with Crippen molar-refractivity contribution in [3.05, 3.63) is 70.4 Å². The van der Waals surface area contributed by atoms with Gasteiger partial charge in [-0.05, 0) is 49.1 Å². The molecule has 0 spiro atoms. The molecule has 2 aromatic carbocycles. The number of sulfonamides is 1. The number of benzene rings is 2. The van der Waals surface area contributed by atoms with Crippen LogP contribution in [0.1, 0.15) is 31.0 Å². The molecule has 0 unspecified atom stereocenters. The minimum atomic E-state index is -3.85. The molecule has 1 saturated heterocycles. The number of fused-ring (bicyclic) bond motifs is 1. The van der Waals surface area contributed by atoms with E-state index in [2.05, 4.69) is 16.8 Å². The first kappa shape index (κ1) is 24.9. The van der Waals surface area contributed by atoms with E-state index < -0.39 is 21.7 Å². The monoisotopic (exact) mass is 534 g/mol. The van der Waals surface area contributed by atoms with Gasteiger partial charge in [-0.25, -0.2) is 22.2 Å². The molecular weight excluding hydrogens is 510 g/mol. The lowest BCUT2D eigenvalue weighted by Gasteiger charge is -2.33. The third kappa shape index (κ3) is 5.02. The number of anilines is 1. The second kappa shape index (κ2) is 9.91. The molecular formula is C25H25ClF2N4O3S. The Bertz CT molecular complexity index is 1400. The number of piperidine rings is 1. The number of ether oxygens (including phenoxy) is 1. The Morgan fingerprint density at radius 2 is 1.81 bits per heavy atom. The Labute approximate surface area is 213 Å². The molecule has 0 saturated carbocycles. The average Bonchev–Trinajstić information content (AvgIpc) is 2.86. The van der Waals surface area contributed by atoms with Crippen molar-refractivity contribution >= 4 is 27.6 Å². The molecule has 0 aliphatic carbocycles. The maximum absolute atomic E-state index is 13.9. The normalized spacial score (nSPS) is 17.2. The van der Waals surface area contributed by atoms with E-state index in [0.717, 1.165) is 38.1 Å². The Kier molecular flexibility index (Phi) is 6.84. The maximum atomic E-state index is 13.9. The highest BCUT2D eigenvalue weighted by atomic mass is 35.5. The van der Waals surface area contributed by atoms with Crippen LogP contribution >= 0.6 is 11.6 Å². The summed E-state index contributed by atoms with van der Waals surface area (Å²) in [7, 11) is -3.85. The highest BCUT2D eigenvalue weighted by molar-refractivity contribution is 7.89. The standard InChI is InChI=1S/C25H25ClF2N4O3S/c1-16-7-10-31(11-8-16)25-29-23-9-12-32(36(33,34)19-4-2-3-17(26)13-19)15-20(23)24(30-25)35-18-5-6-21(27)22(28)14-18/h2-6,13-14,16H,7-12,15H2,1H3. The van der Waals surface area contributed by atoms with E-state index in [-0.39, 0.29) is 29.6 Å². The van der Waals surface area contributed by atoms with E-state index in [0.29, 0.717) is 34.6 Å². The van der Waals surface area contributed by atoms with Crippen molar-refractivity contribution in [3.8, 4) is 11.6 Å². The molecule has 11 heteroatoms. The summed E-state index contributed by atoms with van der Waals surface area (Å²) in [5.74, 6) is -0.750. The molecule has 0 bridgehead atoms. The molecule has 0 amide bonds. The van der Waals surface area contributed by atoms with Crippen LogP contribution in [0.3, 0.4) is 0 Å². The minimum Gasteiger partial charge on any atom is -0.438 e. The molecule has 36 heavy (non-hydrogen) atoms. The summed E-state index contributed by atoms with van der Waals surface area (Å²) in [6.07, 6.45) is 2.36. The first-order valence-electron chi connectivity index (χ1n) is 11.7. The average molecular weight is 535 g/mol. The predicted molar refractivity (Wildman–Crippen MR) is 132 cm³/mol. The van der Waals surface area contributed by atoms with Crippen molar-refractivity contribution in [2.24, 2.45) is 5.92 Å². The minimum absolute atomic E-state index is 0.0273. The summed E-state index contributed by atoms with van der Waals surface area (Å²) in [4.78, 5) is 11.5. The van der Waals surface area contributed by atoms with Crippen LogP contribution in [0.5, 0.6) is 11.6 Å². The fourth-order valence-electron chi connectivity index (χ4n) is 4.41. The third-order valence-corrected chi connectivity index (χ3v) is 8.66. The number of halogens is 3. The number of rotatable bonds is 5. The number of hydrogen-bond donors (Lipinski definition) is 0. The van der Waals surface area contributed by atoms with E-state index >= 15 is 0 Å². The fourth-order valence-corrected chi connectivity index (χ4v) is 6.12. The Hall–Kier alpha value is -2.82. The molecule has 0 N–H and O–H groups in total. The van der Waals surface area contributed by atoms with Gasteiger partial charge in [0.1, 0.15) is 5.75 Å². The molecule has 5 rings (SSSR count). The van der Waals surface area contributed by atoms with Gasteiger partial charge in [-0.2, -0.15) is 9.29 Å². The van der Waals surface area contributed by atoms with Crippen LogP contribution in [-0.2, 0) is 23.0 Å². The summed E-state index contributed by atoms with van der Waals surface area (Å²) in [6.45, 7) is 3.98. The molecule has 3 aromatic rings. The van der Waals surface area contributed by atoms with Gasteiger partial charge in [0.25, 0.3) is 0 Å². The Balaban J connectivity index is 1.52. The third-order valence-electron chi connectivity index (χ3n) is 6.58. The zero-order valence-electron chi connectivity index (χ0n) is 19.6. The van der Waals surface area contributed by atoms with Gasteiger partial charge in [0.15, 0.2) is 11.6 Å². The molecule has 2 aliphatic heterocycles. The van der Waals surface area contributed by atoms with Gasteiger partial charge in [0.05, 0.1) is 16.2 Å². The van der Waals surface area contributed by atoms with Crippen LogP contribution in [0.2, 0.25) is 5.02 Å². The summed E-state index contributed by atoms with van der Waals surface area (Å²) in [5, 5.41) is 0.319. The SMILES string of the molecule is CC1CCN(c2nc3c(c(Oc4ccc(F)c(F)c4)n2)CN(S(=O)(=O)c2cccc(Cl)c2)CC3)CC1. The zero-order valence-corrected chi connectivity index (χ0v) is 21.2. The van der Waals surface area contributed by atoms with Crippen LogP contribution in [0.25, 0.3) is 0 Å². The van der Waals surface area contributed by atoms with Crippen molar-refractivity contribution in [2.45, 2.75) is 37.6 Å². The quantitative estimate of drug-likeness (QED) is 0.449. The number of nitrogens with zero attached hydrogens (tertiary/aromatic N) is 4. The molecule has 1 aromatic heterocycles.